The van der Waals surface area contributed by atoms with E-state index in [0.29, 0.717) is 11.4 Å². The zero-order valence-corrected chi connectivity index (χ0v) is 16.2. The number of carbonyl (C=O) groups is 1. The van der Waals surface area contributed by atoms with Gasteiger partial charge in [-0.1, -0.05) is 6.07 Å². The number of hydrogen-bond donors (Lipinski definition) is 2. The number of hydrogen-bond acceptors (Lipinski definition) is 5. The van der Waals surface area contributed by atoms with Gasteiger partial charge in [0.15, 0.2) is 0 Å². The van der Waals surface area contributed by atoms with Crippen molar-refractivity contribution in [3.8, 4) is 0 Å². The monoisotopic (exact) mass is 418 g/mol. The predicted molar refractivity (Wildman–Crippen MR) is 103 cm³/mol. The summed E-state index contributed by atoms with van der Waals surface area (Å²) in [5.41, 5.74) is 0.652. The third kappa shape index (κ3) is 4.72. The maximum absolute atomic E-state index is 13.7. The highest BCUT2D eigenvalue weighted by Crippen LogP contribution is 2.19. The van der Waals surface area contributed by atoms with Crippen LogP contribution in [-0.2, 0) is 10.0 Å². The lowest BCUT2D eigenvalue weighted by atomic mass is 10.2. The van der Waals surface area contributed by atoms with Crippen molar-refractivity contribution < 1.29 is 22.0 Å². The van der Waals surface area contributed by atoms with E-state index in [1.807, 2.05) is 0 Å². The number of amides is 1. The minimum absolute atomic E-state index is 0.0603. The van der Waals surface area contributed by atoms with Gasteiger partial charge in [-0.2, -0.15) is 0 Å². The van der Waals surface area contributed by atoms with E-state index in [9.17, 15) is 22.0 Å². The summed E-state index contributed by atoms with van der Waals surface area (Å²) in [5.74, 6) is -3.05. The van der Waals surface area contributed by atoms with Crippen molar-refractivity contribution in [3.63, 3.8) is 0 Å². The summed E-state index contributed by atoms with van der Waals surface area (Å²) >= 11 is 0. The average molecular weight is 418 g/mol. The Hall–Kier alpha value is -3.40. The summed E-state index contributed by atoms with van der Waals surface area (Å²) in [7, 11) is -3.97. The Morgan fingerprint density at radius 1 is 0.931 bits per heavy atom. The van der Waals surface area contributed by atoms with Crippen LogP contribution in [0.25, 0.3) is 0 Å². The van der Waals surface area contributed by atoms with Crippen LogP contribution in [0.3, 0.4) is 0 Å². The van der Waals surface area contributed by atoms with Gasteiger partial charge < -0.3 is 5.32 Å². The summed E-state index contributed by atoms with van der Waals surface area (Å²) in [4.78, 5) is 20.0. The second-order valence-corrected chi connectivity index (χ2v) is 7.84. The minimum atomic E-state index is -3.97. The molecule has 0 unspecified atom stereocenters. The summed E-state index contributed by atoms with van der Waals surface area (Å²) < 4.78 is 54.6. The van der Waals surface area contributed by atoms with E-state index in [1.54, 1.807) is 19.9 Å². The van der Waals surface area contributed by atoms with Crippen LogP contribution in [0.1, 0.15) is 21.7 Å². The molecule has 0 saturated carbocycles. The molecule has 1 heterocycles. The third-order valence-corrected chi connectivity index (χ3v) is 5.16. The van der Waals surface area contributed by atoms with Crippen LogP contribution in [0.4, 0.5) is 20.4 Å². The zero-order valence-electron chi connectivity index (χ0n) is 15.4. The first kappa shape index (κ1) is 20.3. The van der Waals surface area contributed by atoms with Crippen LogP contribution in [0.2, 0.25) is 0 Å². The number of aromatic nitrogens is 2. The number of carbonyl (C=O) groups excluding carboxylic acids is 1. The summed E-state index contributed by atoms with van der Waals surface area (Å²) in [6.07, 6.45) is 0. The molecule has 7 nitrogen and oxygen atoms in total. The van der Waals surface area contributed by atoms with Gasteiger partial charge in [0.25, 0.3) is 15.9 Å². The standard InChI is InChI=1S/C19H16F2N4O3S/c1-11-10-12(2)23-19(22-11)25-29(27,28)14-8-6-13(7-9-14)24-18(26)17-15(20)4-3-5-16(17)21/h3-10H,1-2H3,(H,24,26)(H,22,23,25). The molecule has 3 aromatic rings. The average Bonchev–Trinajstić information content (AvgIpc) is 2.60. The zero-order chi connectivity index (χ0) is 21.2. The number of nitrogens with zero attached hydrogens (tertiary/aromatic N) is 2. The Morgan fingerprint density at radius 3 is 2.03 bits per heavy atom. The Bertz CT molecular complexity index is 1140. The number of halogens is 2. The quantitative estimate of drug-likeness (QED) is 0.661. The molecular formula is C19H16F2N4O3S. The van der Waals surface area contributed by atoms with Gasteiger partial charge >= 0.3 is 0 Å². The topological polar surface area (TPSA) is 101 Å². The first-order valence-electron chi connectivity index (χ1n) is 8.36. The van der Waals surface area contributed by atoms with Gasteiger partial charge in [0.2, 0.25) is 5.95 Å². The number of anilines is 2. The first-order chi connectivity index (χ1) is 13.7. The molecular weight excluding hydrogens is 402 g/mol. The molecule has 0 aliphatic heterocycles. The molecule has 1 aromatic heterocycles. The maximum Gasteiger partial charge on any atom is 0.264 e. The molecule has 150 valence electrons. The molecule has 10 heteroatoms. The normalized spacial score (nSPS) is 11.2. The lowest BCUT2D eigenvalue weighted by molar-refractivity contribution is 0.101. The molecule has 0 atom stereocenters. The van der Waals surface area contributed by atoms with Crippen molar-refractivity contribution >= 4 is 27.6 Å². The van der Waals surface area contributed by atoms with Crippen LogP contribution in [0.5, 0.6) is 0 Å². The highest BCUT2D eigenvalue weighted by Gasteiger charge is 2.19. The summed E-state index contributed by atoms with van der Waals surface area (Å²) in [6, 6.07) is 9.85. The third-order valence-electron chi connectivity index (χ3n) is 3.82. The Kier molecular flexibility index (Phi) is 5.55. The van der Waals surface area contributed by atoms with Gasteiger partial charge in [0.05, 0.1) is 4.90 Å². The van der Waals surface area contributed by atoms with Crippen molar-refractivity contribution in [2.75, 3.05) is 10.0 Å². The largest absolute Gasteiger partial charge is 0.322 e. The van der Waals surface area contributed by atoms with Crippen LogP contribution in [0, 0.1) is 25.5 Å². The molecule has 0 spiro atoms. The molecule has 29 heavy (non-hydrogen) atoms. The molecule has 0 saturated heterocycles. The van der Waals surface area contributed by atoms with E-state index in [4.69, 9.17) is 0 Å². The lowest BCUT2D eigenvalue weighted by Crippen LogP contribution is -2.17. The molecule has 0 radical (unpaired) electrons. The van der Waals surface area contributed by atoms with Gasteiger partial charge in [0.1, 0.15) is 17.2 Å². The molecule has 1 amide bonds. The lowest BCUT2D eigenvalue weighted by Gasteiger charge is -2.10. The Balaban J connectivity index is 1.78. The van der Waals surface area contributed by atoms with E-state index in [0.717, 1.165) is 18.2 Å². The van der Waals surface area contributed by atoms with Gasteiger partial charge in [-0.05, 0) is 56.3 Å². The van der Waals surface area contributed by atoms with Crippen LogP contribution >= 0.6 is 0 Å². The number of sulfonamides is 1. The van der Waals surface area contributed by atoms with Crippen molar-refractivity contribution in [1.82, 2.24) is 9.97 Å². The number of rotatable bonds is 5. The second kappa shape index (κ2) is 7.92. The van der Waals surface area contributed by atoms with Crippen molar-refractivity contribution in [2.45, 2.75) is 18.7 Å². The summed E-state index contributed by atoms with van der Waals surface area (Å²) in [5, 5.41) is 2.32. The molecule has 2 N–H and O–H groups in total. The van der Waals surface area contributed by atoms with E-state index < -0.39 is 33.1 Å². The minimum Gasteiger partial charge on any atom is -0.322 e. The highest BCUT2D eigenvalue weighted by molar-refractivity contribution is 7.92. The highest BCUT2D eigenvalue weighted by atomic mass is 32.2. The fourth-order valence-corrected chi connectivity index (χ4v) is 3.52. The van der Waals surface area contributed by atoms with E-state index in [2.05, 4.69) is 20.0 Å². The molecule has 0 aliphatic carbocycles. The van der Waals surface area contributed by atoms with Gasteiger partial charge in [0, 0.05) is 17.1 Å². The smallest absolute Gasteiger partial charge is 0.264 e. The van der Waals surface area contributed by atoms with Crippen molar-refractivity contribution in [1.29, 1.82) is 0 Å². The fraction of sp³-hybridized carbons (Fsp3) is 0.105. The fourth-order valence-electron chi connectivity index (χ4n) is 2.58. The number of nitrogens with one attached hydrogen (secondary N) is 2. The number of benzene rings is 2. The SMILES string of the molecule is Cc1cc(C)nc(NS(=O)(=O)c2ccc(NC(=O)c3c(F)cccc3F)cc2)n1. The molecule has 2 aromatic carbocycles. The second-order valence-electron chi connectivity index (χ2n) is 6.15. The molecule has 0 bridgehead atoms. The predicted octanol–water partition coefficient (Wildman–Crippen LogP) is 3.42. The Morgan fingerprint density at radius 2 is 1.48 bits per heavy atom. The van der Waals surface area contributed by atoms with Crippen LogP contribution in [0.15, 0.2) is 53.4 Å². The van der Waals surface area contributed by atoms with E-state index >= 15 is 0 Å². The molecule has 0 aliphatic rings. The van der Waals surface area contributed by atoms with Crippen molar-refractivity contribution in [2.24, 2.45) is 0 Å². The van der Waals surface area contributed by atoms with Crippen LogP contribution < -0.4 is 10.0 Å². The van der Waals surface area contributed by atoms with Gasteiger partial charge in [-0.25, -0.2) is 31.9 Å². The van der Waals surface area contributed by atoms with Gasteiger partial charge in [-0.15, -0.1) is 0 Å². The van der Waals surface area contributed by atoms with E-state index in [-0.39, 0.29) is 16.5 Å². The summed E-state index contributed by atoms with van der Waals surface area (Å²) in [6.45, 7) is 3.42. The Labute approximate surface area is 165 Å². The van der Waals surface area contributed by atoms with Crippen LogP contribution in [-0.4, -0.2) is 24.3 Å². The van der Waals surface area contributed by atoms with Crippen molar-refractivity contribution in [3.05, 3.63) is 77.1 Å². The molecule has 0 fully saturated rings. The molecule has 3 rings (SSSR count). The maximum atomic E-state index is 13.7. The van der Waals surface area contributed by atoms with E-state index in [1.165, 1.54) is 24.3 Å². The number of aryl methyl sites for hydroxylation is 2. The first-order valence-corrected chi connectivity index (χ1v) is 9.84. The van der Waals surface area contributed by atoms with Gasteiger partial charge in [-0.3, -0.25) is 4.79 Å².